The number of carboxylic acids is 1. The molecule has 1 atom stereocenters. The molecule has 7 nitrogen and oxygen atoms in total. The van der Waals surface area contributed by atoms with Crippen LogP contribution in [0.2, 0.25) is 0 Å². The summed E-state index contributed by atoms with van der Waals surface area (Å²) in [6.45, 7) is 0. The number of carboxylic acid groups (broad SMARTS) is 1. The molecule has 0 spiro atoms. The molecule has 0 bridgehead atoms. The van der Waals surface area contributed by atoms with Gasteiger partial charge in [0.1, 0.15) is 5.82 Å². The predicted octanol–water partition coefficient (Wildman–Crippen LogP) is 5.65. The highest BCUT2D eigenvalue weighted by atomic mass is 32.2. The predicted molar refractivity (Wildman–Crippen MR) is 152 cm³/mol. The summed E-state index contributed by atoms with van der Waals surface area (Å²) in [5.74, 6) is 4.67. The van der Waals surface area contributed by atoms with Crippen LogP contribution < -0.4 is 5.14 Å². The Labute approximate surface area is 242 Å². The lowest BCUT2D eigenvalue weighted by molar-refractivity contribution is 0.0691. The maximum absolute atomic E-state index is 14.8. The fourth-order valence-electron chi connectivity index (χ4n) is 4.85. The lowest BCUT2D eigenvalue weighted by Crippen LogP contribution is -2.14. The van der Waals surface area contributed by atoms with Gasteiger partial charge in [0.15, 0.2) is 11.5 Å². The van der Waals surface area contributed by atoms with E-state index in [1.165, 1.54) is 34.9 Å². The SMILES string of the molecule is N[S+]([O-])c1ccc(Cc2c(-c3ccc(F)c(C#CC4CCC4)c3)nn(-c3nc(C(=O)O)cs3)c2CC2CC2)cc1F. The summed E-state index contributed by atoms with van der Waals surface area (Å²) in [6.07, 6.45) is 6.24. The van der Waals surface area contributed by atoms with E-state index in [0.29, 0.717) is 34.3 Å². The molecule has 2 saturated carbocycles. The van der Waals surface area contributed by atoms with Crippen LogP contribution in [-0.2, 0) is 24.2 Å². The zero-order valence-corrected chi connectivity index (χ0v) is 23.5. The number of carbonyl (C=O) groups is 1. The summed E-state index contributed by atoms with van der Waals surface area (Å²) in [5.41, 5.74) is 3.66. The average Bonchev–Trinajstić information content (AvgIpc) is 3.46. The minimum Gasteiger partial charge on any atom is -0.593 e. The van der Waals surface area contributed by atoms with Gasteiger partial charge in [0.25, 0.3) is 0 Å². The second-order valence-electron chi connectivity index (χ2n) is 10.5. The Morgan fingerprint density at radius 2 is 1.98 bits per heavy atom. The van der Waals surface area contributed by atoms with Crippen LogP contribution in [0.5, 0.6) is 0 Å². The van der Waals surface area contributed by atoms with Gasteiger partial charge in [0.05, 0.1) is 28.3 Å². The Bertz CT molecular complexity index is 1700. The molecule has 2 aliphatic rings. The van der Waals surface area contributed by atoms with E-state index in [-0.39, 0.29) is 28.5 Å². The second-order valence-corrected chi connectivity index (χ2v) is 12.4. The Hall–Kier alpha value is -3.56. The number of thiazole rings is 1. The molecular formula is C30H26F2N4O3S2. The number of hydrogen-bond acceptors (Lipinski definition) is 6. The summed E-state index contributed by atoms with van der Waals surface area (Å²) < 4.78 is 42.9. The molecule has 0 aliphatic heterocycles. The van der Waals surface area contributed by atoms with Crippen LogP contribution >= 0.6 is 11.3 Å². The summed E-state index contributed by atoms with van der Waals surface area (Å²) in [5, 5.41) is 21.6. The highest BCUT2D eigenvalue weighted by Crippen LogP contribution is 2.38. The molecule has 0 amide bonds. The van der Waals surface area contributed by atoms with Crippen molar-refractivity contribution in [1.29, 1.82) is 0 Å². The van der Waals surface area contributed by atoms with Crippen LogP contribution in [0.1, 0.15) is 65.0 Å². The summed E-state index contributed by atoms with van der Waals surface area (Å²) in [6, 6.07) is 9.11. The van der Waals surface area contributed by atoms with Gasteiger partial charge in [-0.15, -0.1) is 16.5 Å². The van der Waals surface area contributed by atoms with Crippen molar-refractivity contribution in [2.75, 3.05) is 0 Å². The highest BCUT2D eigenvalue weighted by Gasteiger charge is 2.30. The van der Waals surface area contributed by atoms with Gasteiger partial charge in [-0.25, -0.2) is 23.2 Å². The van der Waals surface area contributed by atoms with E-state index in [0.717, 1.165) is 43.4 Å². The first kappa shape index (κ1) is 27.6. The Morgan fingerprint density at radius 1 is 1.17 bits per heavy atom. The van der Waals surface area contributed by atoms with Gasteiger partial charge in [-0.1, -0.05) is 24.3 Å². The van der Waals surface area contributed by atoms with Crippen molar-refractivity contribution in [1.82, 2.24) is 14.8 Å². The van der Waals surface area contributed by atoms with Crippen molar-refractivity contribution in [3.8, 4) is 28.2 Å². The molecule has 2 aliphatic carbocycles. The van der Waals surface area contributed by atoms with Crippen LogP contribution in [0.15, 0.2) is 46.7 Å². The van der Waals surface area contributed by atoms with Crippen LogP contribution in [-0.4, -0.2) is 30.4 Å². The summed E-state index contributed by atoms with van der Waals surface area (Å²) in [4.78, 5) is 15.8. The van der Waals surface area contributed by atoms with Crippen molar-refractivity contribution in [3.05, 3.63) is 81.5 Å². The summed E-state index contributed by atoms with van der Waals surface area (Å²) in [7, 11) is 0. The standard InChI is InChI=1S/C30H26F2N4O3S2/c31-23-10-9-21(15-20(23)8-6-17-2-1-3-17)28-22(12-19-7-11-27(41(33)39)24(32)13-19)26(14-18-4-5-18)36(35-28)30-34-25(16-40-30)29(37)38/h7,9-11,13,15-18H,1-5,12,14,33H2,(H,37,38). The molecule has 2 heterocycles. The highest BCUT2D eigenvalue weighted by molar-refractivity contribution is 7.89. The average molecular weight is 593 g/mol. The van der Waals surface area contributed by atoms with Gasteiger partial charge >= 0.3 is 5.97 Å². The Kier molecular flexibility index (Phi) is 7.66. The first-order chi connectivity index (χ1) is 19.8. The molecule has 0 saturated heterocycles. The van der Waals surface area contributed by atoms with Gasteiger partial charge < -0.3 is 9.66 Å². The van der Waals surface area contributed by atoms with E-state index in [1.54, 1.807) is 22.9 Å². The second kappa shape index (κ2) is 11.4. The van der Waals surface area contributed by atoms with Crippen molar-refractivity contribution < 1.29 is 23.2 Å². The molecule has 3 N–H and O–H groups in total. The van der Waals surface area contributed by atoms with Crippen molar-refractivity contribution in [2.45, 2.75) is 49.8 Å². The van der Waals surface area contributed by atoms with Crippen LogP contribution in [0.3, 0.4) is 0 Å². The van der Waals surface area contributed by atoms with Gasteiger partial charge in [0.2, 0.25) is 10.0 Å². The van der Waals surface area contributed by atoms with Crippen LogP contribution in [0.25, 0.3) is 16.4 Å². The van der Waals surface area contributed by atoms with E-state index in [1.807, 2.05) is 0 Å². The lowest BCUT2D eigenvalue weighted by Gasteiger charge is -2.18. The molecule has 2 aromatic heterocycles. The Morgan fingerprint density at radius 3 is 2.61 bits per heavy atom. The summed E-state index contributed by atoms with van der Waals surface area (Å²) >= 11 is -0.790. The maximum Gasteiger partial charge on any atom is 0.355 e. The van der Waals surface area contributed by atoms with Gasteiger partial charge in [-0.3, -0.25) is 0 Å². The van der Waals surface area contributed by atoms with Crippen molar-refractivity contribution >= 4 is 28.7 Å². The van der Waals surface area contributed by atoms with E-state index in [9.17, 15) is 23.2 Å². The fourth-order valence-corrected chi connectivity index (χ4v) is 6.07. The monoisotopic (exact) mass is 592 g/mol. The Balaban J connectivity index is 1.49. The van der Waals surface area contributed by atoms with E-state index in [2.05, 4.69) is 16.8 Å². The number of hydrogen-bond donors (Lipinski definition) is 2. The quantitative estimate of drug-likeness (QED) is 0.202. The smallest absolute Gasteiger partial charge is 0.355 e. The maximum atomic E-state index is 14.8. The van der Waals surface area contributed by atoms with Crippen molar-refractivity contribution in [2.24, 2.45) is 17.0 Å². The normalized spacial score (nSPS) is 15.7. The number of benzene rings is 2. The molecule has 1 unspecified atom stereocenters. The molecule has 41 heavy (non-hydrogen) atoms. The molecular weight excluding hydrogens is 566 g/mol. The van der Waals surface area contributed by atoms with Crippen LogP contribution in [0.4, 0.5) is 8.78 Å². The largest absolute Gasteiger partial charge is 0.593 e. The van der Waals surface area contributed by atoms with Crippen LogP contribution in [0, 0.1) is 35.3 Å². The van der Waals surface area contributed by atoms with Crippen molar-refractivity contribution in [3.63, 3.8) is 0 Å². The van der Waals surface area contributed by atoms with Gasteiger partial charge in [-0.2, -0.15) is 5.10 Å². The zero-order chi connectivity index (χ0) is 28.7. The molecule has 4 aromatic rings. The molecule has 2 aromatic carbocycles. The minimum absolute atomic E-state index is 0.0799. The first-order valence-electron chi connectivity index (χ1n) is 13.3. The number of aromatic carboxylic acids is 1. The molecule has 11 heteroatoms. The van der Waals surface area contributed by atoms with E-state index >= 15 is 0 Å². The first-order valence-corrected chi connectivity index (χ1v) is 15.4. The zero-order valence-electron chi connectivity index (χ0n) is 21.9. The lowest BCUT2D eigenvalue weighted by atomic mass is 9.86. The van der Waals surface area contributed by atoms with Gasteiger partial charge in [-0.05, 0) is 73.9 Å². The number of nitrogens with zero attached hydrogens (tertiary/aromatic N) is 3. The number of halogens is 2. The van der Waals surface area contributed by atoms with E-state index < -0.39 is 29.0 Å². The molecule has 210 valence electrons. The number of nitrogens with two attached hydrogens (primary N) is 1. The van der Waals surface area contributed by atoms with Gasteiger partial charge in [0, 0.05) is 28.8 Å². The number of aromatic nitrogens is 3. The van der Waals surface area contributed by atoms with E-state index in [4.69, 9.17) is 10.2 Å². The topological polar surface area (TPSA) is 117 Å². The molecule has 0 radical (unpaired) electrons. The molecule has 2 fully saturated rings. The third-order valence-electron chi connectivity index (χ3n) is 7.51. The fraction of sp³-hybridized carbons (Fsp3) is 0.300. The third-order valence-corrected chi connectivity index (χ3v) is 9.09. The third kappa shape index (κ3) is 5.92. The molecule has 6 rings (SSSR count). The minimum atomic E-state index is -1.96. The number of rotatable bonds is 8.